The number of imidazole rings is 1. The van der Waals surface area contributed by atoms with Gasteiger partial charge in [-0.15, -0.1) is 0 Å². The highest BCUT2D eigenvalue weighted by Crippen LogP contribution is 2.07. The Bertz CT molecular complexity index is 504. The van der Waals surface area contributed by atoms with Crippen LogP contribution in [0.2, 0.25) is 0 Å². The number of hydrogen-bond donors (Lipinski definition) is 0. The molecule has 0 saturated heterocycles. The molecule has 0 atom stereocenters. The third kappa shape index (κ3) is 1.68. The number of nitrogens with zero attached hydrogens (tertiary/aromatic N) is 3. The highest BCUT2D eigenvalue weighted by molar-refractivity contribution is 5.87. The van der Waals surface area contributed by atoms with Crippen molar-refractivity contribution in [2.24, 2.45) is 0 Å². The Hall–Kier alpha value is -1.91. The minimum absolute atomic E-state index is 0.313. The van der Waals surface area contributed by atoms with Gasteiger partial charge in [-0.1, -0.05) is 0 Å². The molecule has 2 aromatic rings. The number of carbonyl (C=O) groups is 1. The molecule has 5 heteroatoms. The van der Waals surface area contributed by atoms with Gasteiger partial charge in [0, 0.05) is 12.4 Å². The van der Waals surface area contributed by atoms with Crippen molar-refractivity contribution in [3.8, 4) is 0 Å². The van der Waals surface area contributed by atoms with Crippen molar-refractivity contribution in [3.63, 3.8) is 0 Å². The molecule has 0 aliphatic rings. The Kier molecular flexibility index (Phi) is 2.37. The van der Waals surface area contributed by atoms with Crippen molar-refractivity contribution in [3.05, 3.63) is 30.0 Å². The van der Waals surface area contributed by atoms with Crippen molar-refractivity contribution in [2.45, 2.75) is 13.8 Å². The Morgan fingerprint density at radius 3 is 3.07 bits per heavy atom. The van der Waals surface area contributed by atoms with E-state index in [0.717, 1.165) is 5.82 Å². The van der Waals surface area contributed by atoms with Crippen LogP contribution in [-0.4, -0.2) is 26.9 Å². The lowest BCUT2D eigenvalue weighted by atomic mass is 10.5. The first-order chi connectivity index (χ1) is 7.22. The number of hydrogen-bond acceptors (Lipinski definition) is 4. The van der Waals surface area contributed by atoms with Crippen LogP contribution in [0, 0.1) is 6.92 Å². The number of aromatic nitrogens is 3. The summed E-state index contributed by atoms with van der Waals surface area (Å²) >= 11 is 0. The van der Waals surface area contributed by atoms with Crippen LogP contribution in [0.5, 0.6) is 0 Å². The highest BCUT2D eigenvalue weighted by atomic mass is 16.5. The zero-order valence-electron chi connectivity index (χ0n) is 8.60. The highest BCUT2D eigenvalue weighted by Gasteiger charge is 2.11. The van der Waals surface area contributed by atoms with Gasteiger partial charge in [0.15, 0.2) is 5.69 Å². The SMILES string of the molecule is CCOC(=O)c1cn2c(C)nccc2n1. The van der Waals surface area contributed by atoms with Gasteiger partial charge in [0.1, 0.15) is 11.5 Å². The average molecular weight is 205 g/mol. The van der Waals surface area contributed by atoms with Crippen LogP contribution in [0.1, 0.15) is 23.2 Å². The van der Waals surface area contributed by atoms with E-state index in [2.05, 4.69) is 9.97 Å². The maximum Gasteiger partial charge on any atom is 0.358 e. The molecular weight excluding hydrogens is 194 g/mol. The average Bonchev–Trinajstić information content (AvgIpc) is 2.63. The van der Waals surface area contributed by atoms with Crippen molar-refractivity contribution in [2.75, 3.05) is 6.61 Å². The third-order valence-electron chi connectivity index (χ3n) is 2.05. The Labute approximate surface area is 86.7 Å². The van der Waals surface area contributed by atoms with Gasteiger partial charge in [0.2, 0.25) is 0 Å². The molecule has 0 aliphatic heterocycles. The molecule has 0 amide bonds. The minimum atomic E-state index is -0.402. The monoisotopic (exact) mass is 205 g/mol. The summed E-state index contributed by atoms with van der Waals surface area (Å²) in [7, 11) is 0. The summed E-state index contributed by atoms with van der Waals surface area (Å²) in [6, 6.07) is 1.75. The lowest BCUT2D eigenvalue weighted by molar-refractivity contribution is 0.0520. The van der Waals surface area contributed by atoms with E-state index in [1.807, 2.05) is 6.92 Å². The Morgan fingerprint density at radius 1 is 1.60 bits per heavy atom. The number of aryl methyl sites for hydroxylation is 1. The molecule has 0 spiro atoms. The molecule has 0 unspecified atom stereocenters. The first-order valence-corrected chi connectivity index (χ1v) is 4.70. The second-order valence-electron chi connectivity index (χ2n) is 3.07. The summed E-state index contributed by atoms with van der Waals surface area (Å²) in [5.74, 6) is 0.385. The molecule has 15 heavy (non-hydrogen) atoms. The molecule has 2 rings (SSSR count). The van der Waals surface area contributed by atoms with Crippen LogP contribution in [0.4, 0.5) is 0 Å². The molecule has 0 fully saturated rings. The number of ether oxygens (including phenoxy) is 1. The molecule has 0 aromatic carbocycles. The maximum atomic E-state index is 11.4. The van der Waals surface area contributed by atoms with Crippen LogP contribution in [0.3, 0.4) is 0 Å². The van der Waals surface area contributed by atoms with Gasteiger partial charge in [-0.3, -0.25) is 4.40 Å². The molecule has 0 bridgehead atoms. The van der Waals surface area contributed by atoms with Crippen LogP contribution in [0.15, 0.2) is 18.5 Å². The number of rotatable bonds is 2. The third-order valence-corrected chi connectivity index (χ3v) is 2.05. The summed E-state index contributed by atoms with van der Waals surface area (Å²) in [5, 5.41) is 0. The van der Waals surface area contributed by atoms with Gasteiger partial charge in [-0.05, 0) is 19.9 Å². The second-order valence-corrected chi connectivity index (χ2v) is 3.07. The van der Waals surface area contributed by atoms with E-state index in [-0.39, 0.29) is 0 Å². The van der Waals surface area contributed by atoms with E-state index in [9.17, 15) is 4.79 Å². The zero-order chi connectivity index (χ0) is 10.8. The standard InChI is InChI=1S/C10H11N3O2/c1-3-15-10(14)8-6-13-7(2)11-5-4-9(13)12-8/h4-6H,3H2,1-2H3. The van der Waals surface area contributed by atoms with E-state index in [0.29, 0.717) is 17.9 Å². The van der Waals surface area contributed by atoms with Crippen LogP contribution in [-0.2, 0) is 4.74 Å². The van der Waals surface area contributed by atoms with E-state index in [1.54, 1.807) is 29.8 Å². The lowest BCUT2D eigenvalue weighted by Gasteiger charge is -1.95. The molecule has 2 aromatic heterocycles. The molecule has 0 radical (unpaired) electrons. The van der Waals surface area contributed by atoms with E-state index in [1.165, 1.54) is 0 Å². The van der Waals surface area contributed by atoms with Crippen molar-refractivity contribution < 1.29 is 9.53 Å². The molecule has 2 heterocycles. The number of esters is 1. The summed E-state index contributed by atoms with van der Waals surface area (Å²) in [4.78, 5) is 19.6. The predicted molar refractivity (Wildman–Crippen MR) is 53.7 cm³/mol. The van der Waals surface area contributed by atoms with E-state index < -0.39 is 5.97 Å². The summed E-state index contributed by atoms with van der Waals surface area (Å²) in [6.07, 6.45) is 3.29. The molecule has 5 nitrogen and oxygen atoms in total. The fourth-order valence-electron chi connectivity index (χ4n) is 1.35. The van der Waals surface area contributed by atoms with Gasteiger partial charge >= 0.3 is 5.97 Å². The van der Waals surface area contributed by atoms with Crippen LogP contribution < -0.4 is 0 Å². The fourth-order valence-corrected chi connectivity index (χ4v) is 1.35. The summed E-state index contributed by atoms with van der Waals surface area (Å²) in [5.41, 5.74) is 1.01. The van der Waals surface area contributed by atoms with Gasteiger partial charge in [0.05, 0.1) is 6.61 Å². The lowest BCUT2D eigenvalue weighted by Crippen LogP contribution is -2.04. The normalized spacial score (nSPS) is 10.5. The largest absolute Gasteiger partial charge is 0.461 e. The Morgan fingerprint density at radius 2 is 2.40 bits per heavy atom. The summed E-state index contributed by atoms with van der Waals surface area (Å²) < 4.78 is 6.62. The van der Waals surface area contributed by atoms with Crippen molar-refractivity contribution in [1.29, 1.82) is 0 Å². The quantitative estimate of drug-likeness (QED) is 0.691. The van der Waals surface area contributed by atoms with Crippen LogP contribution in [0.25, 0.3) is 5.65 Å². The number of carbonyl (C=O) groups excluding carboxylic acids is 1. The van der Waals surface area contributed by atoms with Gasteiger partial charge in [-0.25, -0.2) is 14.8 Å². The minimum Gasteiger partial charge on any atom is -0.461 e. The molecule has 0 N–H and O–H groups in total. The molecule has 0 saturated carbocycles. The van der Waals surface area contributed by atoms with E-state index in [4.69, 9.17) is 4.74 Å². The Balaban J connectivity index is 2.47. The number of fused-ring (bicyclic) bond motifs is 1. The first-order valence-electron chi connectivity index (χ1n) is 4.70. The zero-order valence-corrected chi connectivity index (χ0v) is 8.60. The van der Waals surface area contributed by atoms with Crippen LogP contribution >= 0.6 is 0 Å². The van der Waals surface area contributed by atoms with Gasteiger partial charge in [0.25, 0.3) is 0 Å². The van der Waals surface area contributed by atoms with E-state index >= 15 is 0 Å². The van der Waals surface area contributed by atoms with Crippen molar-refractivity contribution >= 4 is 11.6 Å². The predicted octanol–water partition coefficient (Wildman–Crippen LogP) is 1.21. The molecular formula is C10H11N3O2. The second kappa shape index (κ2) is 3.68. The maximum absolute atomic E-state index is 11.4. The molecule has 0 aliphatic carbocycles. The fraction of sp³-hybridized carbons (Fsp3) is 0.300. The smallest absolute Gasteiger partial charge is 0.358 e. The van der Waals surface area contributed by atoms with Gasteiger partial charge in [-0.2, -0.15) is 0 Å². The summed E-state index contributed by atoms with van der Waals surface area (Å²) in [6.45, 7) is 3.97. The first kappa shape index (κ1) is 9.64. The van der Waals surface area contributed by atoms with Gasteiger partial charge < -0.3 is 4.74 Å². The molecule has 78 valence electrons. The van der Waals surface area contributed by atoms with Crippen molar-refractivity contribution in [1.82, 2.24) is 14.4 Å². The topological polar surface area (TPSA) is 56.5 Å².